The molecule has 0 aliphatic carbocycles. The van der Waals surface area contributed by atoms with Crippen molar-refractivity contribution in [2.45, 2.75) is 32.2 Å². The van der Waals surface area contributed by atoms with E-state index in [-0.39, 0.29) is 5.91 Å². The Labute approximate surface area is 85.8 Å². The maximum atomic E-state index is 11.1. The van der Waals surface area contributed by atoms with E-state index in [1.54, 1.807) is 0 Å². The average Bonchev–Trinajstić information content (AvgIpc) is 2.20. The van der Waals surface area contributed by atoms with Gasteiger partial charge in [0, 0.05) is 19.1 Å². The van der Waals surface area contributed by atoms with Gasteiger partial charge in [-0.05, 0) is 26.3 Å². The third-order valence-corrected chi connectivity index (χ3v) is 2.46. The van der Waals surface area contributed by atoms with Gasteiger partial charge in [-0.1, -0.05) is 6.42 Å². The maximum Gasteiger partial charge on any atom is 0.233 e. The summed E-state index contributed by atoms with van der Waals surface area (Å²) >= 11 is 0. The highest BCUT2D eigenvalue weighted by Gasteiger charge is 2.11. The Morgan fingerprint density at radius 2 is 2.36 bits per heavy atom. The summed E-state index contributed by atoms with van der Waals surface area (Å²) in [4.78, 5) is 11.1. The van der Waals surface area contributed by atoms with Gasteiger partial charge in [-0.3, -0.25) is 4.79 Å². The Kier molecular flexibility index (Phi) is 5.56. The van der Waals surface area contributed by atoms with Gasteiger partial charge in [0.25, 0.3) is 0 Å². The molecule has 0 spiro atoms. The number of nitrogens with one attached hydrogen (secondary N) is 3. The molecule has 0 aromatic rings. The molecule has 1 heterocycles. The zero-order valence-corrected chi connectivity index (χ0v) is 8.94. The predicted molar refractivity (Wildman–Crippen MR) is 57.2 cm³/mol. The van der Waals surface area contributed by atoms with Crippen molar-refractivity contribution in [3.05, 3.63) is 0 Å². The van der Waals surface area contributed by atoms with Crippen molar-refractivity contribution in [2.75, 3.05) is 26.2 Å². The second-order valence-corrected chi connectivity index (χ2v) is 3.73. The largest absolute Gasteiger partial charge is 0.355 e. The smallest absolute Gasteiger partial charge is 0.233 e. The monoisotopic (exact) mass is 199 g/mol. The van der Waals surface area contributed by atoms with Gasteiger partial charge in [-0.25, -0.2) is 0 Å². The predicted octanol–water partition coefficient (Wildman–Crippen LogP) is -0.146. The van der Waals surface area contributed by atoms with Gasteiger partial charge in [-0.15, -0.1) is 0 Å². The van der Waals surface area contributed by atoms with Gasteiger partial charge in [0.05, 0.1) is 6.54 Å². The van der Waals surface area contributed by atoms with Gasteiger partial charge < -0.3 is 16.0 Å². The Morgan fingerprint density at radius 1 is 1.50 bits per heavy atom. The van der Waals surface area contributed by atoms with Gasteiger partial charge >= 0.3 is 0 Å². The summed E-state index contributed by atoms with van der Waals surface area (Å²) in [6.45, 7) is 5.10. The van der Waals surface area contributed by atoms with Crippen LogP contribution in [0.4, 0.5) is 0 Å². The molecular weight excluding hydrogens is 178 g/mol. The minimum absolute atomic E-state index is 0.0864. The first-order chi connectivity index (χ1) is 6.83. The van der Waals surface area contributed by atoms with Crippen LogP contribution in [0.2, 0.25) is 0 Å². The number of carbonyl (C=O) groups excluding carboxylic acids is 1. The van der Waals surface area contributed by atoms with Crippen molar-refractivity contribution in [3.8, 4) is 0 Å². The highest BCUT2D eigenvalue weighted by Crippen LogP contribution is 2.05. The lowest BCUT2D eigenvalue weighted by Gasteiger charge is -2.23. The first-order valence-electron chi connectivity index (χ1n) is 5.53. The summed E-state index contributed by atoms with van der Waals surface area (Å²) in [7, 11) is 0. The van der Waals surface area contributed by atoms with Crippen LogP contribution in [0.3, 0.4) is 0 Å². The second kappa shape index (κ2) is 6.79. The van der Waals surface area contributed by atoms with Crippen LogP contribution in [0, 0.1) is 0 Å². The average molecular weight is 199 g/mol. The first-order valence-corrected chi connectivity index (χ1v) is 5.53. The standard InChI is InChI=1S/C10H21N3O/c1-2-12-10(14)8-11-7-9-5-3-4-6-13-9/h9,11,13H,2-8H2,1H3,(H,12,14). The minimum atomic E-state index is 0.0864. The van der Waals surface area contributed by atoms with Gasteiger partial charge in [-0.2, -0.15) is 0 Å². The zero-order valence-electron chi connectivity index (χ0n) is 8.94. The van der Waals surface area contributed by atoms with Crippen LogP contribution >= 0.6 is 0 Å². The molecule has 14 heavy (non-hydrogen) atoms. The van der Waals surface area contributed by atoms with Gasteiger partial charge in [0.15, 0.2) is 0 Å². The molecular formula is C10H21N3O. The van der Waals surface area contributed by atoms with Crippen molar-refractivity contribution in [3.63, 3.8) is 0 Å². The minimum Gasteiger partial charge on any atom is -0.355 e. The highest BCUT2D eigenvalue weighted by atomic mass is 16.1. The zero-order chi connectivity index (χ0) is 10.2. The van der Waals surface area contributed by atoms with Crippen LogP contribution in [0.15, 0.2) is 0 Å². The van der Waals surface area contributed by atoms with Crippen LogP contribution in [0.25, 0.3) is 0 Å². The summed E-state index contributed by atoms with van der Waals surface area (Å²) in [5, 5.41) is 9.36. The summed E-state index contributed by atoms with van der Waals surface area (Å²) in [6, 6.07) is 0.554. The topological polar surface area (TPSA) is 53.2 Å². The molecule has 1 saturated heterocycles. The van der Waals surface area contributed by atoms with Crippen molar-refractivity contribution in [2.24, 2.45) is 0 Å². The summed E-state index contributed by atoms with van der Waals surface area (Å²) in [6.07, 6.45) is 3.82. The molecule has 82 valence electrons. The molecule has 0 aromatic carbocycles. The first kappa shape index (κ1) is 11.5. The molecule has 1 aliphatic rings. The van der Waals surface area contributed by atoms with Crippen LogP contribution in [0.5, 0.6) is 0 Å². The molecule has 1 atom stereocenters. The number of hydrogen-bond donors (Lipinski definition) is 3. The fourth-order valence-electron chi connectivity index (χ4n) is 1.72. The SMILES string of the molecule is CCNC(=O)CNCC1CCCCN1. The molecule has 1 amide bonds. The summed E-state index contributed by atoms with van der Waals surface area (Å²) in [5.74, 6) is 0.0864. The summed E-state index contributed by atoms with van der Waals surface area (Å²) < 4.78 is 0. The Balaban J connectivity index is 1.99. The van der Waals surface area contributed by atoms with E-state index in [4.69, 9.17) is 0 Å². The number of likely N-dealkylation sites (N-methyl/N-ethyl adjacent to an activating group) is 1. The lowest BCUT2D eigenvalue weighted by molar-refractivity contribution is -0.120. The Morgan fingerprint density at radius 3 is 3.00 bits per heavy atom. The Bertz CT molecular complexity index is 167. The number of hydrogen-bond acceptors (Lipinski definition) is 3. The fourth-order valence-corrected chi connectivity index (χ4v) is 1.72. The molecule has 0 radical (unpaired) electrons. The lowest BCUT2D eigenvalue weighted by atomic mass is 10.1. The maximum absolute atomic E-state index is 11.1. The van der Waals surface area contributed by atoms with Crippen molar-refractivity contribution >= 4 is 5.91 Å². The van der Waals surface area contributed by atoms with E-state index in [1.165, 1.54) is 19.3 Å². The van der Waals surface area contributed by atoms with Crippen LogP contribution in [-0.2, 0) is 4.79 Å². The van der Waals surface area contributed by atoms with E-state index in [0.717, 1.165) is 13.1 Å². The van der Waals surface area contributed by atoms with E-state index >= 15 is 0 Å². The third-order valence-electron chi connectivity index (χ3n) is 2.46. The van der Waals surface area contributed by atoms with Crippen LogP contribution in [-0.4, -0.2) is 38.1 Å². The van der Waals surface area contributed by atoms with E-state index in [1.807, 2.05) is 6.92 Å². The summed E-state index contributed by atoms with van der Waals surface area (Å²) in [5.41, 5.74) is 0. The number of amides is 1. The highest BCUT2D eigenvalue weighted by molar-refractivity contribution is 5.77. The molecule has 4 nitrogen and oxygen atoms in total. The molecule has 3 N–H and O–H groups in total. The van der Waals surface area contributed by atoms with Crippen molar-refractivity contribution in [1.29, 1.82) is 0 Å². The van der Waals surface area contributed by atoms with Gasteiger partial charge in [0.1, 0.15) is 0 Å². The van der Waals surface area contributed by atoms with Crippen molar-refractivity contribution < 1.29 is 4.79 Å². The fraction of sp³-hybridized carbons (Fsp3) is 0.900. The van der Waals surface area contributed by atoms with E-state index in [0.29, 0.717) is 19.1 Å². The lowest BCUT2D eigenvalue weighted by Crippen LogP contribution is -2.44. The number of carbonyl (C=O) groups is 1. The second-order valence-electron chi connectivity index (χ2n) is 3.73. The quantitative estimate of drug-likeness (QED) is 0.577. The van der Waals surface area contributed by atoms with E-state index in [2.05, 4.69) is 16.0 Å². The molecule has 1 aliphatic heterocycles. The molecule has 0 aromatic heterocycles. The normalized spacial score (nSPS) is 21.9. The number of piperidine rings is 1. The number of rotatable bonds is 5. The molecule has 1 rings (SSSR count). The molecule has 0 bridgehead atoms. The van der Waals surface area contributed by atoms with Crippen molar-refractivity contribution in [1.82, 2.24) is 16.0 Å². The third kappa shape index (κ3) is 4.58. The van der Waals surface area contributed by atoms with Crippen LogP contribution < -0.4 is 16.0 Å². The Hall–Kier alpha value is -0.610. The van der Waals surface area contributed by atoms with Crippen LogP contribution in [0.1, 0.15) is 26.2 Å². The van der Waals surface area contributed by atoms with E-state index in [9.17, 15) is 4.79 Å². The molecule has 1 unspecified atom stereocenters. The molecule has 0 saturated carbocycles. The molecule has 1 fully saturated rings. The molecule has 4 heteroatoms. The van der Waals surface area contributed by atoms with Gasteiger partial charge in [0.2, 0.25) is 5.91 Å². The van der Waals surface area contributed by atoms with E-state index < -0.39 is 0 Å².